The van der Waals surface area contributed by atoms with Crippen molar-refractivity contribution in [2.45, 2.75) is 6.04 Å². The summed E-state index contributed by atoms with van der Waals surface area (Å²) in [5.41, 5.74) is 1.50. The summed E-state index contributed by atoms with van der Waals surface area (Å²) in [4.78, 5) is 33.6. The van der Waals surface area contributed by atoms with Gasteiger partial charge in [0.1, 0.15) is 35.6 Å². The molecule has 1 N–H and O–H groups in total. The predicted octanol–water partition coefficient (Wildman–Crippen LogP) is 2.94. The van der Waals surface area contributed by atoms with Crippen LogP contribution in [0.2, 0.25) is 0 Å². The molecule has 178 valence electrons. The molecule has 0 saturated carbocycles. The minimum atomic E-state index is -0.885. The van der Waals surface area contributed by atoms with Gasteiger partial charge in [0, 0.05) is 24.9 Å². The third-order valence-corrected chi connectivity index (χ3v) is 5.23. The second-order valence-electron chi connectivity index (χ2n) is 8.25. The zero-order valence-corrected chi connectivity index (χ0v) is 19.8. The highest BCUT2D eigenvalue weighted by Gasteiger charge is 2.31. The van der Waals surface area contributed by atoms with Gasteiger partial charge < -0.3 is 19.7 Å². The lowest BCUT2D eigenvalue weighted by Gasteiger charge is -2.20. The van der Waals surface area contributed by atoms with Crippen molar-refractivity contribution in [3.63, 3.8) is 0 Å². The molecule has 0 unspecified atom stereocenters. The summed E-state index contributed by atoms with van der Waals surface area (Å²) < 4.78 is 11.6. The molecule has 0 fully saturated rings. The van der Waals surface area contributed by atoms with Gasteiger partial charge in [0.2, 0.25) is 0 Å². The molecule has 2 heterocycles. The lowest BCUT2D eigenvalue weighted by molar-refractivity contribution is -0.120. The van der Waals surface area contributed by atoms with E-state index in [9.17, 15) is 9.59 Å². The zero-order chi connectivity index (χ0) is 24.8. The number of carbonyl (C=O) groups excluding carboxylic acids is 2. The predicted molar refractivity (Wildman–Crippen MR) is 133 cm³/mol. The van der Waals surface area contributed by atoms with Gasteiger partial charge >= 0.3 is 0 Å². The number of ether oxygens (including phenoxy) is 2. The largest absolute Gasteiger partial charge is 0.489 e. The van der Waals surface area contributed by atoms with Crippen molar-refractivity contribution in [2.75, 3.05) is 39.2 Å². The molecule has 4 rings (SSSR count). The van der Waals surface area contributed by atoms with Crippen LogP contribution in [-0.4, -0.2) is 62.0 Å². The summed E-state index contributed by atoms with van der Waals surface area (Å²) in [6.45, 7) is 0.621. The van der Waals surface area contributed by atoms with Gasteiger partial charge in [-0.05, 0) is 50.5 Å². The molecule has 1 atom stereocenters. The van der Waals surface area contributed by atoms with Gasteiger partial charge in [-0.1, -0.05) is 30.0 Å². The Balaban J connectivity index is 1.46. The van der Waals surface area contributed by atoms with Crippen molar-refractivity contribution in [1.29, 1.82) is 0 Å². The molecule has 1 aliphatic heterocycles. The molecule has 1 aliphatic rings. The van der Waals surface area contributed by atoms with Crippen LogP contribution in [0.5, 0.6) is 17.2 Å². The maximum atomic E-state index is 13.1. The zero-order valence-electron chi connectivity index (χ0n) is 19.8. The third-order valence-electron chi connectivity index (χ3n) is 5.23. The first-order valence-electron chi connectivity index (χ1n) is 11.1. The topological polar surface area (TPSA) is 84.0 Å². The standard InChI is InChI=1S/C27H26N4O4/c1-30(2)15-7-8-19-11-12-25-24(16-19)31(3)27(33)23(18-34-25)29-26(32)22-17-21(13-14-28-22)35-20-9-5-4-6-10-20/h4-6,9-14,16-17,23H,15,18H2,1-3H3,(H,29,32)/t23-/m1/s1. The number of amides is 2. The van der Waals surface area contributed by atoms with Crippen LogP contribution >= 0.6 is 0 Å². The van der Waals surface area contributed by atoms with Crippen molar-refractivity contribution in [2.24, 2.45) is 0 Å². The molecule has 1 aromatic heterocycles. The van der Waals surface area contributed by atoms with Crippen molar-refractivity contribution in [1.82, 2.24) is 15.2 Å². The molecule has 2 aromatic carbocycles. The number of anilines is 1. The number of fused-ring (bicyclic) bond motifs is 1. The molecule has 0 spiro atoms. The number of benzene rings is 2. The van der Waals surface area contributed by atoms with Gasteiger partial charge in [-0.2, -0.15) is 0 Å². The molecule has 0 radical (unpaired) electrons. The van der Waals surface area contributed by atoms with Crippen molar-refractivity contribution in [3.8, 4) is 29.1 Å². The van der Waals surface area contributed by atoms with Crippen molar-refractivity contribution < 1.29 is 19.1 Å². The van der Waals surface area contributed by atoms with Crippen LogP contribution in [0.25, 0.3) is 0 Å². The molecule has 8 heteroatoms. The lowest BCUT2D eigenvalue weighted by Crippen LogP contribution is -2.49. The quantitative estimate of drug-likeness (QED) is 0.578. The van der Waals surface area contributed by atoms with E-state index in [0.717, 1.165) is 5.56 Å². The molecule has 2 amide bonds. The van der Waals surface area contributed by atoms with Crippen molar-refractivity contribution in [3.05, 3.63) is 78.1 Å². The van der Waals surface area contributed by atoms with Gasteiger partial charge in [-0.3, -0.25) is 19.5 Å². The Morgan fingerprint density at radius 2 is 1.97 bits per heavy atom. The fourth-order valence-corrected chi connectivity index (χ4v) is 3.43. The van der Waals surface area contributed by atoms with Crippen molar-refractivity contribution >= 4 is 17.5 Å². The minimum Gasteiger partial charge on any atom is -0.489 e. The Hall–Kier alpha value is -4.35. The van der Waals surface area contributed by atoms with Crippen LogP contribution in [0.3, 0.4) is 0 Å². The van der Waals surface area contributed by atoms with E-state index in [-0.39, 0.29) is 18.2 Å². The number of rotatable bonds is 5. The van der Waals surface area contributed by atoms with E-state index in [0.29, 0.717) is 29.5 Å². The number of pyridine rings is 1. The van der Waals surface area contributed by atoms with Crippen LogP contribution in [0.15, 0.2) is 66.9 Å². The molecule has 0 saturated heterocycles. The van der Waals surface area contributed by atoms with Gasteiger partial charge in [0.25, 0.3) is 11.8 Å². The second kappa shape index (κ2) is 10.7. The first kappa shape index (κ1) is 23.8. The SMILES string of the molecule is CN(C)CC#Cc1ccc2c(c1)N(C)C(=O)[C@H](NC(=O)c1cc(Oc3ccccc3)ccn1)CO2. The summed E-state index contributed by atoms with van der Waals surface area (Å²) in [7, 11) is 5.55. The number of para-hydroxylation sites is 1. The van der Waals surface area contributed by atoms with Crippen LogP contribution in [-0.2, 0) is 4.79 Å². The van der Waals surface area contributed by atoms with Gasteiger partial charge in [-0.15, -0.1) is 0 Å². The van der Waals surface area contributed by atoms with E-state index < -0.39 is 11.9 Å². The Bertz CT molecular complexity index is 1280. The molecule has 8 nitrogen and oxygen atoms in total. The lowest BCUT2D eigenvalue weighted by atomic mass is 10.1. The first-order chi connectivity index (χ1) is 16.9. The Morgan fingerprint density at radius 3 is 2.74 bits per heavy atom. The molecular weight excluding hydrogens is 444 g/mol. The van der Waals surface area contributed by atoms with Gasteiger partial charge in [0.05, 0.1) is 12.2 Å². The number of hydrogen-bond donors (Lipinski definition) is 1. The summed E-state index contributed by atoms with van der Waals surface area (Å²) in [6.07, 6.45) is 1.49. The average molecular weight is 471 g/mol. The van der Waals surface area contributed by atoms with Crippen LogP contribution in [0.1, 0.15) is 16.1 Å². The highest BCUT2D eigenvalue weighted by Crippen LogP contribution is 2.31. The maximum Gasteiger partial charge on any atom is 0.270 e. The highest BCUT2D eigenvalue weighted by atomic mass is 16.5. The summed E-state index contributed by atoms with van der Waals surface area (Å²) >= 11 is 0. The number of nitrogens with one attached hydrogen (secondary N) is 1. The maximum absolute atomic E-state index is 13.1. The van der Waals surface area contributed by atoms with Crippen LogP contribution in [0, 0.1) is 11.8 Å². The average Bonchev–Trinajstić information content (AvgIpc) is 2.97. The Labute approximate surface area is 204 Å². The van der Waals surface area contributed by atoms with E-state index in [1.807, 2.05) is 61.5 Å². The fraction of sp³-hybridized carbons (Fsp3) is 0.222. The monoisotopic (exact) mass is 470 g/mol. The highest BCUT2D eigenvalue weighted by molar-refractivity contribution is 6.03. The molecular formula is C27H26N4O4. The molecule has 3 aromatic rings. The first-order valence-corrected chi connectivity index (χ1v) is 11.1. The summed E-state index contributed by atoms with van der Waals surface area (Å²) in [5.74, 6) is 7.03. The Kier molecular flexibility index (Phi) is 7.29. The normalized spacial score (nSPS) is 14.8. The summed E-state index contributed by atoms with van der Waals surface area (Å²) in [5, 5.41) is 2.74. The van der Waals surface area contributed by atoms with E-state index >= 15 is 0 Å². The molecule has 35 heavy (non-hydrogen) atoms. The van der Waals surface area contributed by atoms with E-state index in [1.54, 1.807) is 19.2 Å². The second-order valence-corrected chi connectivity index (χ2v) is 8.25. The van der Waals surface area contributed by atoms with Gasteiger partial charge in [-0.25, -0.2) is 0 Å². The minimum absolute atomic E-state index is 0.00618. The molecule has 0 bridgehead atoms. The van der Waals surface area contributed by atoms with E-state index in [1.165, 1.54) is 17.2 Å². The van der Waals surface area contributed by atoms with E-state index in [2.05, 4.69) is 22.1 Å². The third kappa shape index (κ3) is 5.96. The van der Waals surface area contributed by atoms with Crippen LogP contribution < -0.4 is 19.7 Å². The number of nitrogens with zero attached hydrogens (tertiary/aromatic N) is 3. The Morgan fingerprint density at radius 1 is 1.17 bits per heavy atom. The van der Waals surface area contributed by atoms with Gasteiger partial charge in [0.15, 0.2) is 0 Å². The van der Waals surface area contributed by atoms with Crippen LogP contribution in [0.4, 0.5) is 5.69 Å². The smallest absolute Gasteiger partial charge is 0.270 e. The number of hydrogen-bond acceptors (Lipinski definition) is 6. The van der Waals surface area contributed by atoms with E-state index in [4.69, 9.17) is 9.47 Å². The number of carbonyl (C=O) groups is 2. The summed E-state index contributed by atoms with van der Waals surface area (Å²) in [6, 6.07) is 17.0. The fourth-order valence-electron chi connectivity index (χ4n) is 3.43. The number of likely N-dealkylation sites (N-methyl/N-ethyl adjacent to an activating group) is 1. The number of aromatic nitrogens is 1. The molecule has 0 aliphatic carbocycles.